The van der Waals surface area contributed by atoms with Gasteiger partial charge in [0, 0.05) is 22.4 Å². The van der Waals surface area contributed by atoms with E-state index in [1.54, 1.807) is 0 Å². The van der Waals surface area contributed by atoms with Crippen molar-refractivity contribution in [1.82, 2.24) is 0 Å². The second-order valence-electron chi connectivity index (χ2n) is 10.5. The first-order chi connectivity index (χ1) is 20.9. The molecule has 0 N–H and O–H groups in total. The summed E-state index contributed by atoms with van der Waals surface area (Å²) < 4.78 is 135. The van der Waals surface area contributed by atoms with Crippen LogP contribution in [0.15, 0.2) is 60.7 Å². The van der Waals surface area contributed by atoms with Gasteiger partial charge in [-0.05, 0) is 96.5 Å². The summed E-state index contributed by atoms with van der Waals surface area (Å²) in [7, 11) is 0. The first kappa shape index (κ1) is 31.8. The predicted octanol–water partition coefficient (Wildman–Crippen LogP) is 10.9. The number of hydrogen-bond donors (Lipinski definition) is 0. The van der Waals surface area contributed by atoms with Gasteiger partial charge < -0.3 is 4.74 Å². The molecule has 44 heavy (non-hydrogen) atoms. The number of rotatable bonds is 8. The lowest BCUT2D eigenvalue weighted by atomic mass is 9.83. The molecule has 0 amide bonds. The monoisotopic (exact) mass is 640 g/mol. The van der Waals surface area contributed by atoms with Crippen molar-refractivity contribution in [2.75, 3.05) is 5.75 Å². The Hall–Kier alpha value is -3.60. The van der Waals surface area contributed by atoms with Crippen molar-refractivity contribution in [2.45, 2.75) is 49.9 Å². The molecule has 0 atom stereocenters. The molecule has 0 spiro atoms. The standard InChI is InChI=1S/C33H25F9OS/c1-2-44-22-7-3-17(4-8-22)19-12-27(36)31(28(37)13-19)33(41,42)43-21-6-10-23(26(35)16-21)18-5-9-24(25(34)11-18)20-14-29(38)32(40)30(39)15-20/h5-6,9-17,22H,2-4,7-8H2,1H3. The van der Waals surface area contributed by atoms with Gasteiger partial charge >= 0.3 is 6.11 Å². The molecule has 1 fully saturated rings. The number of benzene rings is 4. The number of halogens is 9. The topological polar surface area (TPSA) is 9.23 Å². The van der Waals surface area contributed by atoms with Crippen LogP contribution in [0.5, 0.6) is 5.75 Å². The number of hydrogen-bond acceptors (Lipinski definition) is 2. The van der Waals surface area contributed by atoms with Crippen LogP contribution < -0.4 is 4.74 Å². The molecule has 0 saturated heterocycles. The molecule has 0 radical (unpaired) electrons. The zero-order chi connectivity index (χ0) is 31.8. The fraction of sp³-hybridized carbons (Fsp3) is 0.273. The average Bonchev–Trinajstić information content (AvgIpc) is 2.95. The molecular weight excluding hydrogens is 615 g/mol. The lowest BCUT2D eigenvalue weighted by molar-refractivity contribution is -0.189. The molecule has 1 aliphatic rings. The van der Waals surface area contributed by atoms with Gasteiger partial charge in [-0.2, -0.15) is 20.5 Å². The first-order valence-electron chi connectivity index (χ1n) is 13.8. The lowest BCUT2D eigenvalue weighted by Crippen LogP contribution is -2.26. The normalized spacial score (nSPS) is 17.1. The van der Waals surface area contributed by atoms with Crippen LogP contribution in [0.2, 0.25) is 0 Å². The molecule has 4 aromatic rings. The van der Waals surface area contributed by atoms with Gasteiger partial charge in [0.25, 0.3) is 0 Å². The third-order valence-corrected chi connectivity index (χ3v) is 8.94. The Morgan fingerprint density at radius 2 is 1.20 bits per heavy atom. The van der Waals surface area contributed by atoms with Gasteiger partial charge in [-0.3, -0.25) is 0 Å². The predicted molar refractivity (Wildman–Crippen MR) is 151 cm³/mol. The Morgan fingerprint density at radius 1 is 0.659 bits per heavy atom. The molecule has 1 aliphatic carbocycles. The van der Waals surface area contributed by atoms with Gasteiger partial charge in [0.15, 0.2) is 17.5 Å². The third-order valence-electron chi connectivity index (χ3n) is 7.66. The Morgan fingerprint density at radius 3 is 1.77 bits per heavy atom. The summed E-state index contributed by atoms with van der Waals surface area (Å²) >= 11 is 1.82. The van der Waals surface area contributed by atoms with E-state index in [-0.39, 0.29) is 28.2 Å². The van der Waals surface area contributed by atoms with E-state index in [9.17, 15) is 30.7 Å². The van der Waals surface area contributed by atoms with Crippen molar-refractivity contribution in [2.24, 2.45) is 0 Å². The summed E-state index contributed by atoms with van der Waals surface area (Å²) in [6, 6.07) is 8.57. The molecule has 4 aromatic carbocycles. The molecule has 11 heteroatoms. The highest BCUT2D eigenvalue weighted by molar-refractivity contribution is 7.99. The van der Waals surface area contributed by atoms with Gasteiger partial charge in [-0.1, -0.05) is 19.1 Å². The average molecular weight is 641 g/mol. The van der Waals surface area contributed by atoms with Crippen LogP contribution in [-0.4, -0.2) is 11.0 Å². The molecule has 0 heterocycles. The fourth-order valence-electron chi connectivity index (χ4n) is 5.53. The molecule has 5 rings (SSSR count). The summed E-state index contributed by atoms with van der Waals surface area (Å²) in [6.45, 7) is 2.05. The van der Waals surface area contributed by atoms with E-state index in [4.69, 9.17) is 0 Å². The fourth-order valence-corrected chi connectivity index (χ4v) is 6.60. The second-order valence-corrected chi connectivity index (χ2v) is 12.1. The number of thioether (sulfide) groups is 1. The summed E-state index contributed by atoms with van der Waals surface area (Å²) in [5, 5.41) is 0.464. The zero-order valence-corrected chi connectivity index (χ0v) is 24.0. The molecule has 1 nitrogen and oxygen atoms in total. The van der Waals surface area contributed by atoms with Crippen molar-refractivity contribution >= 4 is 11.8 Å². The number of ether oxygens (including phenoxy) is 1. The summed E-state index contributed by atoms with van der Waals surface area (Å²) in [5.41, 5.74) is -2.24. The molecule has 0 aliphatic heterocycles. The molecule has 232 valence electrons. The van der Waals surface area contributed by atoms with Gasteiger partial charge in [0.2, 0.25) is 0 Å². The van der Waals surface area contributed by atoms with Crippen molar-refractivity contribution < 1.29 is 44.3 Å². The first-order valence-corrected chi connectivity index (χ1v) is 14.8. The van der Waals surface area contributed by atoms with Crippen molar-refractivity contribution in [1.29, 1.82) is 0 Å². The van der Waals surface area contributed by atoms with Crippen molar-refractivity contribution in [3.05, 3.63) is 113 Å². The minimum Gasteiger partial charge on any atom is -0.429 e. The van der Waals surface area contributed by atoms with Crippen LogP contribution in [0.3, 0.4) is 0 Å². The summed E-state index contributed by atoms with van der Waals surface area (Å²) in [6.07, 6.45) is -1.40. The largest absolute Gasteiger partial charge is 0.432 e. The highest BCUT2D eigenvalue weighted by Gasteiger charge is 2.42. The molecule has 0 unspecified atom stereocenters. The highest BCUT2D eigenvalue weighted by atomic mass is 32.2. The maximum Gasteiger partial charge on any atom is 0.432 e. The van der Waals surface area contributed by atoms with E-state index in [2.05, 4.69) is 11.7 Å². The van der Waals surface area contributed by atoms with E-state index >= 15 is 8.78 Å². The maximum atomic E-state index is 15.0. The van der Waals surface area contributed by atoms with E-state index in [0.29, 0.717) is 41.9 Å². The van der Waals surface area contributed by atoms with Crippen LogP contribution in [0.25, 0.3) is 22.3 Å². The van der Waals surface area contributed by atoms with E-state index in [1.807, 2.05) is 11.8 Å². The van der Waals surface area contributed by atoms with Crippen molar-refractivity contribution in [3.8, 4) is 28.0 Å². The Bertz CT molecular complexity index is 1640. The van der Waals surface area contributed by atoms with Crippen LogP contribution in [-0.2, 0) is 6.11 Å². The minimum absolute atomic E-state index is 0.0693. The van der Waals surface area contributed by atoms with Crippen LogP contribution >= 0.6 is 11.8 Å². The zero-order valence-electron chi connectivity index (χ0n) is 23.2. The van der Waals surface area contributed by atoms with Crippen LogP contribution in [0.4, 0.5) is 39.5 Å². The Kier molecular flexibility index (Phi) is 9.25. The summed E-state index contributed by atoms with van der Waals surface area (Å²) in [4.78, 5) is 0. The summed E-state index contributed by atoms with van der Waals surface area (Å²) in [5.74, 6) is -9.83. The maximum absolute atomic E-state index is 15.0. The molecule has 0 aromatic heterocycles. The minimum atomic E-state index is -4.50. The molecule has 0 bridgehead atoms. The van der Waals surface area contributed by atoms with Gasteiger partial charge in [0.1, 0.15) is 34.6 Å². The van der Waals surface area contributed by atoms with Crippen molar-refractivity contribution in [3.63, 3.8) is 0 Å². The van der Waals surface area contributed by atoms with Crippen LogP contribution in [0.1, 0.15) is 49.7 Å². The number of alkyl halides is 2. The molecule has 1 saturated carbocycles. The van der Waals surface area contributed by atoms with Gasteiger partial charge in [-0.15, -0.1) is 0 Å². The third kappa shape index (κ3) is 6.57. The van der Waals surface area contributed by atoms with Gasteiger partial charge in [-0.25, -0.2) is 30.7 Å². The van der Waals surface area contributed by atoms with E-state index in [1.165, 1.54) is 6.07 Å². The lowest BCUT2D eigenvalue weighted by Gasteiger charge is -2.29. The van der Waals surface area contributed by atoms with Gasteiger partial charge in [0.05, 0.1) is 0 Å². The quantitative estimate of drug-likeness (QED) is 0.140. The Labute approximate surface area is 252 Å². The Balaban J connectivity index is 1.34. The van der Waals surface area contributed by atoms with E-state index < -0.39 is 58.1 Å². The smallest absolute Gasteiger partial charge is 0.429 e. The van der Waals surface area contributed by atoms with E-state index in [0.717, 1.165) is 55.0 Å². The molecular formula is C33H25F9OS. The van der Waals surface area contributed by atoms with Crippen LogP contribution in [0, 0.1) is 40.7 Å². The highest BCUT2D eigenvalue weighted by Crippen LogP contribution is 2.41. The second kappa shape index (κ2) is 12.8. The SMILES string of the molecule is CCSC1CCC(c2cc(F)c(C(F)(F)Oc3ccc(-c4ccc(-c5cc(F)c(F)c(F)c5)c(F)c4)c(F)c3)c(F)c2)CC1.